The smallest absolute Gasteiger partial charge is 0.244 e. The molecular weight excluding hydrogens is 390 g/mol. The van der Waals surface area contributed by atoms with E-state index in [-0.39, 0.29) is 9.92 Å². The summed E-state index contributed by atoms with van der Waals surface area (Å²) in [6.07, 6.45) is 4.78. The molecule has 1 aliphatic rings. The molecule has 0 unspecified atom stereocenters. The Morgan fingerprint density at radius 2 is 1.92 bits per heavy atom. The second-order valence-electron chi connectivity index (χ2n) is 6.70. The molecule has 1 aliphatic carbocycles. The Labute approximate surface area is 167 Å². The molecule has 1 saturated carbocycles. The Balaban J connectivity index is 2.15. The first-order valence-corrected chi connectivity index (χ1v) is 11.4. The first-order chi connectivity index (χ1) is 12.3. The summed E-state index contributed by atoms with van der Waals surface area (Å²) in [6.45, 7) is 6.64. The van der Waals surface area contributed by atoms with Crippen LogP contribution in [0.3, 0.4) is 0 Å². The maximum Gasteiger partial charge on any atom is 0.244 e. The largest absolute Gasteiger partial charge is 0.359 e. The Bertz CT molecular complexity index is 736. The van der Waals surface area contributed by atoms with Crippen molar-refractivity contribution >= 4 is 44.6 Å². The van der Waals surface area contributed by atoms with E-state index in [4.69, 9.17) is 23.8 Å². The second kappa shape index (κ2) is 9.35. The number of anilines is 1. The summed E-state index contributed by atoms with van der Waals surface area (Å²) in [5.41, 5.74) is 0.612. The van der Waals surface area contributed by atoms with Crippen LogP contribution in [0.2, 0.25) is 5.02 Å². The molecular formula is C18H28ClN3O2S2. The minimum absolute atomic E-state index is 0.0988. The average molecular weight is 418 g/mol. The van der Waals surface area contributed by atoms with E-state index in [1.165, 1.54) is 23.6 Å². The van der Waals surface area contributed by atoms with Crippen LogP contribution in [-0.2, 0) is 10.0 Å². The van der Waals surface area contributed by atoms with E-state index in [9.17, 15) is 8.42 Å². The third-order valence-electron chi connectivity index (χ3n) is 4.94. The maximum atomic E-state index is 12.8. The zero-order valence-corrected chi connectivity index (χ0v) is 18.0. The van der Waals surface area contributed by atoms with Crippen molar-refractivity contribution in [3.05, 3.63) is 23.2 Å². The number of rotatable bonds is 6. The van der Waals surface area contributed by atoms with Crippen molar-refractivity contribution < 1.29 is 8.42 Å². The van der Waals surface area contributed by atoms with Gasteiger partial charge in [-0.25, -0.2) is 8.42 Å². The molecule has 0 radical (unpaired) electrons. The highest BCUT2D eigenvalue weighted by atomic mass is 35.5. The Morgan fingerprint density at radius 3 is 2.54 bits per heavy atom. The van der Waals surface area contributed by atoms with Crippen molar-refractivity contribution in [2.75, 3.05) is 18.4 Å². The monoisotopic (exact) mass is 417 g/mol. The van der Waals surface area contributed by atoms with E-state index >= 15 is 0 Å². The molecule has 1 fully saturated rings. The Morgan fingerprint density at radius 1 is 1.27 bits per heavy atom. The van der Waals surface area contributed by atoms with E-state index in [0.29, 0.717) is 35.8 Å². The summed E-state index contributed by atoms with van der Waals surface area (Å²) in [7, 11) is -3.63. The van der Waals surface area contributed by atoms with Crippen LogP contribution in [0.4, 0.5) is 5.69 Å². The van der Waals surface area contributed by atoms with Crippen molar-refractivity contribution in [2.45, 2.75) is 57.4 Å². The first-order valence-electron chi connectivity index (χ1n) is 9.16. The van der Waals surface area contributed by atoms with Crippen molar-refractivity contribution in [3.63, 3.8) is 0 Å². The molecule has 0 bridgehead atoms. The molecule has 0 heterocycles. The predicted octanol–water partition coefficient (Wildman–Crippen LogP) is 4.24. The van der Waals surface area contributed by atoms with Gasteiger partial charge in [-0.05, 0) is 49.2 Å². The SMILES string of the molecule is CCN(CC)S(=O)(=O)c1cc(NC(=S)N[C@H]2CCCC[C@@H]2C)ccc1Cl. The fourth-order valence-corrected chi connectivity index (χ4v) is 5.58. The van der Waals surface area contributed by atoms with Crippen LogP contribution in [0.25, 0.3) is 0 Å². The minimum Gasteiger partial charge on any atom is -0.359 e. The van der Waals surface area contributed by atoms with E-state index in [1.807, 2.05) is 0 Å². The van der Waals surface area contributed by atoms with Crippen LogP contribution in [0, 0.1) is 5.92 Å². The lowest BCUT2D eigenvalue weighted by Gasteiger charge is -2.30. The van der Waals surface area contributed by atoms with Crippen molar-refractivity contribution in [2.24, 2.45) is 5.92 Å². The molecule has 0 saturated heterocycles. The van der Waals surface area contributed by atoms with Gasteiger partial charge >= 0.3 is 0 Å². The number of nitrogens with zero attached hydrogens (tertiary/aromatic N) is 1. The molecule has 2 N–H and O–H groups in total. The number of sulfonamides is 1. The molecule has 2 atom stereocenters. The van der Waals surface area contributed by atoms with Gasteiger partial charge in [-0.3, -0.25) is 0 Å². The number of thiocarbonyl (C=S) groups is 1. The molecule has 1 aromatic carbocycles. The number of halogens is 1. The van der Waals surface area contributed by atoms with Gasteiger partial charge in [-0.2, -0.15) is 4.31 Å². The first kappa shape index (κ1) is 21.4. The summed E-state index contributed by atoms with van der Waals surface area (Å²) in [5.74, 6) is 0.576. The van der Waals surface area contributed by atoms with Crippen molar-refractivity contribution in [1.29, 1.82) is 0 Å². The normalized spacial score (nSPS) is 20.8. The van der Waals surface area contributed by atoms with Gasteiger partial charge in [0.2, 0.25) is 10.0 Å². The molecule has 26 heavy (non-hydrogen) atoms. The third kappa shape index (κ3) is 5.09. The van der Waals surface area contributed by atoms with Crippen molar-refractivity contribution in [1.82, 2.24) is 9.62 Å². The van der Waals surface area contributed by atoms with E-state index in [1.54, 1.807) is 32.0 Å². The zero-order chi connectivity index (χ0) is 19.3. The molecule has 0 spiro atoms. The number of benzene rings is 1. The van der Waals surface area contributed by atoms with Gasteiger partial charge in [-0.15, -0.1) is 0 Å². The van der Waals surface area contributed by atoms with Gasteiger partial charge in [0.25, 0.3) is 0 Å². The Hall–Kier alpha value is -0.890. The molecule has 5 nitrogen and oxygen atoms in total. The van der Waals surface area contributed by atoms with Gasteiger partial charge in [-0.1, -0.05) is 45.2 Å². The average Bonchev–Trinajstić information content (AvgIpc) is 2.59. The van der Waals surface area contributed by atoms with Gasteiger partial charge in [0, 0.05) is 24.8 Å². The van der Waals surface area contributed by atoms with Gasteiger partial charge in [0.15, 0.2) is 5.11 Å². The van der Waals surface area contributed by atoms with Crippen LogP contribution in [0.15, 0.2) is 23.1 Å². The highest BCUT2D eigenvalue weighted by Crippen LogP contribution is 2.28. The second-order valence-corrected chi connectivity index (χ2v) is 9.42. The van der Waals surface area contributed by atoms with Crippen LogP contribution in [0.1, 0.15) is 46.5 Å². The van der Waals surface area contributed by atoms with E-state index < -0.39 is 10.0 Å². The molecule has 0 amide bonds. The summed E-state index contributed by atoms with van der Waals surface area (Å²) in [6, 6.07) is 5.23. The van der Waals surface area contributed by atoms with Crippen molar-refractivity contribution in [3.8, 4) is 0 Å². The lowest BCUT2D eigenvalue weighted by atomic mass is 9.86. The highest BCUT2D eigenvalue weighted by Gasteiger charge is 2.25. The third-order valence-corrected chi connectivity index (χ3v) is 7.69. The van der Waals surface area contributed by atoms with Crippen LogP contribution < -0.4 is 10.6 Å². The standard InChI is InChI=1S/C18H28ClN3O2S2/c1-4-22(5-2)26(23,24)17-12-14(10-11-15(17)19)20-18(25)21-16-9-7-6-8-13(16)3/h10-13,16H,4-9H2,1-3H3,(H2,20,21,25)/t13-,16-/m0/s1. The summed E-state index contributed by atoms with van der Waals surface area (Å²) < 4.78 is 26.9. The van der Waals surface area contributed by atoms with E-state index in [0.717, 1.165) is 6.42 Å². The quantitative estimate of drug-likeness (QED) is 0.678. The summed E-state index contributed by atoms with van der Waals surface area (Å²) in [4.78, 5) is 0.0988. The fraction of sp³-hybridized carbons (Fsp3) is 0.611. The van der Waals surface area contributed by atoms with Gasteiger partial charge in [0.05, 0.1) is 5.02 Å². The lowest BCUT2D eigenvalue weighted by molar-refractivity contribution is 0.309. The van der Waals surface area contributed by atoms with Gasteiger partial charge < -0.3 is 10.6 Å². The highest BCUT2D eigenvalue weighted by molar-refractivity contribution is 7.89. The number of hydrogen-bond donors (Lipinski definition) is 2. The predicted molar refractivity (Wildman–Crippen MR) is 112 cm³/mol. The van der Waals surface area contributed by atoms with Crippen LogP contribution in [-0.4, -0.2) is 37.0 Å². The summed E-state index contributed by atoms with van der Waals surface area (Å²) >= 11 is 11.6. The van der Waals surface area contributed by atoms with Gasteiger partial charge in [0.1, 0.15) is 4.90 Å². The van der Waals surface area contributed by atoms with E-state index in [2.05, 4.69) is 17.6 Å². The lowest BCUT2D eigenvalue weighted by Crippen LogP contribution is -2.43. The van der Waals surface area contributed by atoms with Crippen LogP contribution in [0.5, 0.6) is 0 Å². The Kier molecular flexibility index (Phi) is 7.70. The molecule has 1 aromatic rings. The molecule has 0 aromatic heterocycles. The van der Waals surface area contributed by atoms with Crippen LogP contribution >= 0.6 is 23.8 Å². The fourth-order valence-electron chi connectivity index (χ4n) is 3.35. The topological polar surface area (TPSA) is 61.4 Å². The zero-order valence-electron chi connectivity index (χ0n) is 15.6. The summed E-state index contributed by atoms with van der Waals surface area (Å²) in [5, 5.41) is 7.19. The molecule has 2 rings (SSSR count). The number of nitrogens with one attached hydrogen (secondary N) is 2. The number of hydrogen-bond acceptors (Lipinski definition) is 3. The molecule has 146 valence electrons. The molecule has 8 heteroatoms. The maximum absolute atomic E-state index is 12.8. The molecule has 0 aliphatic heterocycles. The minimum atomic E-state index is -3.63.